The van der Waals surface area contributed by atoms with Crippen molar-refractivity contribution in [1.82, 2.24) is 4.57 Å². The summed E-state index contributed by atoms with van der Waals surface area (Å²) in [5, 5.41) is 11.9. The maximum Gasteiger partial charge on any atom is 0.338 e. The van der Waals surface area contributed by atoms with Crippen LogP contribution in [0.15, 0.2) is 63.5 Å². The summed E-state index contributed by atoms with van der Waals surface area (Å²) >= 11 is 7.72. The van der Waals surface area contributed by atoms with Crippen molar-refractivity contribution in [2.45, 2.75) is 32.7 Å². The summed E-state index contributed by atoms with van der Waals surface area (Å²) < 4.78 is 7.13. The number of hydrogen-bond acceptors (Lipinski definition) is 8. The molecule has 9 nitrogen and oxygen atoms in total. The van der Waals surface area contributed by atoms with Gasteiger partial charge >= 0.3 is 5.97 Å². The van der Waals surface area contributed by atoms with Crippen molar-refractivity contribution < 1.29 is 14.5 Å². The molecule has 0 saturated carbocycles. The topological polar surface area (TPSA) is 107 Å². The number of allylic oxidation sites excluding steroid dienone is 1. The average molecular weight is 553 g/mol. The fourth-order valence-corrected chi connectivity index (χ4v) is 6.22. The van der Waals surface area contributed by atoms with Crippen LogP contribution in [0.1, 0.15) is 43.9 Å². The zero-order valence-corrected chi connectivity index (χ0v) is 22.4. The summed E-state index contributed by atoms with van der Waals surface area (Å²) in [5.41, 5.74) is 2.26. The van der Waals surface area contributed by atoms with Gasteiger partial charge in [-0.1, -0.05) is 41.1 Å². The molecule has 2 aromatic carbocycles. The van der Waals surface area contributed by atoms with Crippen molar-refractivity contribution in [2.75, 3.05) is 24.6 Å². The van der Waals surface area contributed by atoms with Crippen LogP contribution in [0.5, 0.6) is 0 Å². The lowest BCUT2D eigenvalue weighted by atomic mass is 9.96. The van der Waals surface area contributed by atoms with Crippen LogP contribution in [0, 0.1) is 10.1 Å². The molecule has 0 N–H and O–H groups in total. The molecule has 1 aromatic heterocycles. The summed E-state index contributed by atoms with van der Waals surface area (Å²) in [4.78, 5) is 45.2. The SMILES string of the molecule is CCOC(=O)C1=C(C)N=c2s/c(=C\c3cc([N+](=O)[O-])ccc3N3CCCC3)c(=O)n2[C@@H]1c1ccccc1Cl. The smallest absolute Gasteiger partial charge is 0.338 e. The van der Waals surface area contributed by atoms with E-state index in [9.17, 15) is 19.7 Å². The van der Waals surface area contributed by atoms with Gasteiger partial charge in [-0.2, -0.15) is 0 Å². The predicted octanol–water partition coefficient (Wildman–Crippen LogP) is 3.96. The zero-order chi connectivity index (χ0) is 27.0. The van der Waals surface area contributed by atoms with Gasteiger partial charge in [-0.15, -0.1) is 0 Å². The van der Waals surface area contributed by atoms with Crippen molar-refractivity contribution in [2.24, 2.45) is 4.99 Å². The van der Waals surface area contributed by atoms with Gasteiger partial charge in [0.2, 0.25) is 0 Å². The lowest BCUT2D eigenvalue weighted by Crippen LogP contribution is -2.40. The van der Waals surface area contributed by atoms with Gasteiger partial charge in [0.1, 0.15) is 6.04 Å². The first-order valence-electron chi connectivity index (χ1n) is 12.3. The van der Waals surface area contributed by atoms with E-state index >= 15 is 0 Å². The van der Waals surface area contributed by atoms with Crippen molar-refractivity contribution >= 4 is 46.4 Å². The van der Waals surface area contributed by atoms with Crippen molar-refractivity contribution in [1.29, 1.82) is 0 Å². The number of hydrogen-bond donors (Lipinski definition) is 0. The maximum atomic E-state index is 13.9. The van der Waals surface area contributed by atoms with Gasteiger partial charge in [-0.25, -0.2) is 9.79 Å². The van der Waals surface area contributed by atoms with Crippen LogP contribution >= 0.6 is 22.9 Å². The summed E-state index contributed by atoms with van der Waals surface area (Å²) in [6.07, 6.45) is 3.75. The molecule has 0 amide bonds. The highest BCUT2D eigenvalue weighted by atomic mass is 35.5. The fraction of sp³-hybridized carbons (Fsp3) is 0.296. The number of carbonyl (C=O) groups excluding carboxylic acids is 1. The molecule has 11 heteroatoms. The third-order valence-corrected chi connectivity index (χ3v) is 8.00. The Labute approximate surface area is 227 Å². The van der Waals surface area contributed by atoms with E-state index in [4.69, 9.17) is 16.3 Å². The van der Waals surface area contributed by atoms with E-state index in [2.05, 4.69) is 9.89 Å². The number of nitrogens with zero attached hydrogens (tertiary/aromatic N) is 4. The standard InChI is InChI=1S/C27H25ClN4O5S/c1-3-37-26(34)23-16(2)29-27-31(24(23)19-8-4-5-9-20(19)28)25(33)22(38-27)15-17-14-18(32(35)36)10-11-21(17)30-12-6-7-13-30/h4-5,8-11,14-15,24H,3,6-7,12-13H2,1-2H3/b22-15-/t24-/m1/s1. The maximum absolute atomic E-state index is 13.9. The fourth-order valence-electron chi connectivity index (χ4n) is 4.94. The molecule has 38 heavy (non-hydrogen) atoms. The van der Waals surface area contributed by atoms with Gasteiger partial charge in [0.15, 0.2) is 4.80 Å². The minimum Gasteiger partial charge on any atom is -0.463 e. The summed E-state index contributed by atoms with van der Waals surface area (Å²) in [6, 6.07) is 10.9. The van der Waals surface area contributed by atoms with Crippen molar-refractivity contribution in [3.05, 3.63) is 99.7 Å². The van der Waals surface area contributed by atoms with Gasteiger partial charge in [0.25, 0.3) is 11.2 Å². The summed E-state index contributed by atoms with van der Waals surface area (Å²) in [7, 11) is 0. The number of benzene rings is 2. The number of fused-ring (bicyclic) bond motifs is 1. The lowest BCUT2D eigenvalue weighted by Gasteiger charge is -2.25. The molecule has 0 aliphatic carbocycles. The highest BCUT2D eigenvalue weighted by Crippen LogP contribution is 2.34. The minimum atomic E-state index is -0.829. The zero-order valence-electron chi connectivity index (χ0n) is 20.8. The Morgan fingerprint density at radius 3 is 2.68 bits per heavy atom. The molecule has 2 aliphatic heterocycles. The van der Waals surface area contributed by atoms with E-state index in [1.54, 1.807) is 50.3 Å². The van der Waals surface area contributed by atoms with Crippen LogP contribution in [-0.2, 0) is 9.53 Å². The third-order valence-electron chi connectivity index (χ3n) is 6.67. The molecule has 2 aliphatic rings. The summed E-state index contributed by atoms with van der Waals surface area (Å²) in [5.74, 6) is -0.567. The Kier molecular flexibility index (Phi) is 7.18. The van der Waals surface area contributed by atoms with E-state index in [-0.39, 0.29) is 23.4 Å². The van der Waals surface area contributed by atoms with Gasteiger partial charge in [-0.3, -0.25) is 19.5 Å². The number of nitro benzene ring substituents is 1. The number of esters is 1. The molecular formula is C27H25ClN4O5S. The molecule has 5 rings (SSSR count). The highest BCUT2D eigenvalue weighted by Gasteiger charge is 2.34. The van der Waals surface area contributed by atoms with Crippen molar-refractivity contribution in [3.63, 3.8) is 0 Å². The molecule has 0 unspecified atom stereocenters. The minimum absolute atomic E-state index is 0.0543. The second-order valence-corrected chi connectivity index (χ2v) is 10.4. The van der Waals surface area contributed by atoms with Crippen LogP contribution in [-0.4, -0.2) is 35.2 Å². The normalized spacial score (nSPS) is 17.4. The number of non-ortho nitro benzene ring substituents is 1. The van der Waals surface area contributed by atoms with Crippen LogP contribution in [0.25, 0.3) is 6.08 Å². The molecule has 1 saturated heterocycles. The Morgan fingerprint density at radius 2 is 2.00 bits per heavy atom. The van der Waals surface area contributed by atoms with Crippen LogP contribution in [0.3, 0.4) is 0 Å². The van der Waals surface area contributed by atoms with E-state index in [1.165, 1.54) is 28.0 Å². The van der Waals surface area contributed by atoms with Crippen LogP contribution in [0.4, 0.5) is 11.4 Å². The first-order valence-corrected chi connectivity index (χ1v) is 13.5. The average Bonchev–Trinajstić information content (AvgIpc) is 3.52. The first kappa shape index (κ1) is 25.9. The summed E-state index contributed by atoms with van der Waals surface area (Å²) in [6.45, 7) is 5.27. The Balaban J connectivity index is 1.74. The van der Waals surface area contributed by atoms with Gasteiger partial charge in [0.05, 0.1) is 27.3 Å². The molecule has 0 bridgehead atoms. The van der Waals surface area contributed by atoms with E-state index in [1.807, 2.05) is 0 Å². The molecular weight excluding hydrogens is 528 g/mol. The molecule has 0 spiro atoms. The third kappa shape index (κ3) is 4.65. The quantitative estimate of drug-likeness (QED) is 0.260. The van der Waals surface area contributed by atoms with E-state index in [0.717, 1.165) is 31.6 Å². The first-order chi connectivity index (χ1) is 18.3. The van der Waals surface area contributed by atoms with Crippen LogP contribution in [0.2, 0.25) is 5.02 Å². The Morgan fingerprint density at radius 1 is 1.26 bits per heavy atom. The van der Waals surface area contributed by atoms with Gasteiger partial charge < -0.3 is 9.64 Å². The second kappa shape index (κ2) is 10.5. The Hall–Kier alpha value is -3.76. The number of carbonyl (C=O) groups is 1. The van der Waals surface area contributed by atoms with Crippen LogP contribution < -0.4 is 19.8 Å². The molecule has 0 radical (unpaired) electrons. The number of aromatic nitrogens is 1. The predicted molar refractivity (Wildman–Crippen MR) is 146 cm³/mol. The number of nitro groups is 1. The Bertz CT molecular complexity index is 1650. The number of thiazole rings is 1. The number of rotatable bonds is 6. The molecule has 196 valence electrons. The second-order valence-electron chi connectivity index (χ2n) is 9.02. The number of ether oxygens (including phenoxy) is 1. The van der Waals surface area contributed by atoms with E-state index in [0.29, 0.717) is 31.2 Å². The lowest BCUT2D eigenvalue weighted by molar-refractivity contribution is -0.384. The molecule has 1 atom stereocenters. The number of halogens is 1. The van der Waals surface area contributed by atoms with Gasteiger partial charge in [0, 0.05) is 41.5 Å². The van der Waals surface area contributed by atoms with Gasteiger partial charge in [-0.05, 0) is 50.5 Å². The van der Waals surface area contributed by atoms with E-state index < -0.39 is 16.9 Å². The monoisotopic (exact) mass is 552 g/mol. The van der Waals surface area contributed by atoms with Crippen molar-refractivity contribution in [3.8, 4) is 0 Å². The number of anilines is 1. The molecule has 3 heterocycles. The highest BCUT2D eigenvalue weighted by molar-refractivity contribution is 7.07. The molecule has 1 fully saturated rings. The largest absolute Gasteiger partial charge is 0.463 e. The molecule has 3 aromatic rings.